The van der Waals surface area contributed by atoms with Crippen LogP contribution in [0.4, 0.5) is 24.7 Å². The molecule has 0 saturated heterocycles. The lowest BCUT2D eigenvalue weighted by atomic mass is 10.0. The Morgan fingerprint density at radius 2 is 1.71 bits per heavy atom. The topological polar surface area (TPSA) is 93.2 Å². The minimum absolute atomic E-state index is 0.105. The van der Waals surface area contributed by atoms with Crippen molar-refractivity contribution in [2.45, 2.75) is 19.5 Å². The van der Waals surface area contributed by atoms with Gasteiger partial charge in [0.05, 0.1) is 12.0 Å². The van der Waals surface area contributed by atoms with E-state index in [1.54, 1.807) is 24.3 Å². The van der Waals surface area contributed by atoms with Gasteiger partial charge in [0.1, 0.15) is 17.9 Å². The first-order valence-corrected chi connectivity index (χ1v) is 9.03. The van der Waals surface area contributed by atoms with E-state index in [9.17, 15) is 22.8 Å². The van der Waals surface area contributed by atoms with Crippen LogP contribution >= 0.6 is 0 Å². The summed E-state index contributed by atoms with van der Waals surface area (Å²) in [4.78, 5) is 31.1. The van der Waals surface area contributed by atoms with Gasteiger partial charge in [-0.05, 0) is 35.9 Å². The number of carbonyl (C=O) groups excluding carboxylic acids is 2. The Hall–Kier alpha value is -3.95. The normalized spacial score (nSPS) is 11.0. The first kappa shape index (κ1) is 21.8. The Morgan fingerprint density at radius 1 is 1.00 bits per heavy atom. The number of aromatic nitrogens is 2. The van der Waals surface area contributed by atoms with Gasteiger partial charge in [-0.2, -0.15) is 13.2 Å². The van der Waals surface area contributed by atoms with Gasteiger partial charge in [0.2, 0.25) is 17.7 Å². The van der Waals surface area contributed by atoms with Crippen LogP contribution in [0.2, 0.25) is 0 Å². The van der Waals surface area contributed by atoms with E-state index >= 15 is 0 Å². The van der Waals surface area contributed by atoms with E-state index in [1.807, 2.05) is 0 Å². The Morgan fingerprint density at radius 3 is 2.39 bits per heavy atom. The van der Waals surface area contributed by atoms with E-state index in [2.05, 4.69) is 20.6 Å². The van der Waals surface area contributed by atoms with Crippen LogP contribution in [0.3, 0.4) is 0 Å². The molecule has 10 heteroatoms. The number of amides is 2. The van der Waals surface area contributed by atoms with E-state index in [1.165, 1.54) is 37.5 Å². The van der Waals surface area contributed by atoms with Crippen molar-refractivity contribution < 1.29 is 27.5 Å². The molecule has 1 aromatic heterocycles. The molecule has 0 aliphatic rings. The molecule has 3 aromatic rings. The molecule has 3 rings (SSSR count). The van der Waals surface area contributed by atoms with E-state index in [0.717, 1.165) is 6.07 Å². The molecule has 0 aliphatic heterocycles. The third-order valence-corrected chi connectivity index (χ3v) is 3.98. The van der Waals surface area contributed by atoms with Gasteiger partial charge in [-0.1, -0.05) is 18.2 Å². The van der Waals surface area contributed by atoms with E-state index in [-0.39, 0.29) is 23.2 Å². The fourth-order valence-corrected chi connectivity index (χ4v) is 2.70. The summed E-state index contributed by atoms with van der Waals surface area (Å²) < 4.78 is 44.8. The lowest BCUT2D eigenvalue weighted by molar-refractivity contribution is -0.138. The maximum absolute atomic E-state index is 13.1. The van der Waals surface area contributed by atoms with Crippen LogP contribution in [0.1, 0.15) is 18.1 Å². The standard InChI is InChI=1S/C21H17F3N4O3/c1-13(29)27-18-11-20(26-12-25-18)31-16-8-6-15(7-9-16)28-19(30)10-14-4-2-3-5-17(14)21(22,23)24/h2-9,11-12H,10H2,1H3,(H,28,30)(H,25,26,27,29). The first-order chi connectivity index (χ1) is 14.7. The van der Waals surface area contributed by atoms with Crippen molar-refractivity contribution in [2.24, 2.45) is 0 Å². The van der Waals surface area contributed by atoms with Crippen LogP contribution in [0.5, 0.6) is 11.6 Å². The van der Waals surface area contributed by atoms with Gasteiger partial charge in [-0.3, -0.25) is 9.59 Å². The van der Waals surface area contributed by atoms with Gasteiger partial charge in [-0.25, -0.2) is 9.97 Å². The highest BCUT2D eigenvalue weighted by molar-refractivity contribution is 5.92. The average molecular weight is 430 g/mol. The number of hydrogen-bond donors (Lipinski definition) is 2. The van der Waals surface area contributed by atoms with Gasteiger partial charge >= 0.3 is 6.18 Å². The highest BCUT2D eigenvalue weighted by Gasteiger charge is 2.33. The molecule has 2 aromatic carbocycles. The number of ether oxygens (including phenoxy) is 1. The van der Waals surface area contributed by atoms with Crippen LogP contribution in [-0.4, -0.2) is 21.8 Å². The summed E-state index contributed by atoms with van der Waals surface area (Å²) in [5, 5.41) is 5.06. The number of hydrogen-bond acceptors (Lipinski definition) is 5. The van der Waals surface area contributed by atoms with Crippen LogP contribution in [0.15, 0.2) is 60.9 Å². The molecule has 0 atom stereocenters. The summed E-state index contributed by atoms with van der Waals surface area (Å²) in [7, 11) is 0. The van der Waals surface area contributed by atoms with Crippen LogP contribution in [-0.2, 0) is 22.2 Å². The Kier molecular flexibility index (Phi) is 6.49. The molecular formula is C21H17F3N4O3. The zero-order valence-electron chi connectivity index (χ0n) is 16.2. The third-order valence-electron chi connectivity index (χ3n) is 3.98. The lowest BCUT2D eigenvalue weighted by Crippen LogP contribution is -2.17. The fourth-order valence-electron chi connectivity index (χ4n) is 2.70. The number of nitrogens with zero attached hydrogens (tertiary/aromatic N) is 2. The molecule has 2 N–H and O–H groups in total. The Balaban J connectivity index is 1.62. The summed E-state index contributed by atoms with van der Waals surface area (Å²) >= 11 is 0. The molecule has 31 heavy (non-hydrogen) atoms. The van der Waals surface area contributed by atoms with Crippen LogP contribution in [0.25, 0.3) is 0 Å². The Labute approximate surface area is 175 Å². The van der Waals surface area contributed by atoms with Crippen molar-refractivity contribution in [3.8, 4) is 11.6 Å². The van der Waals surface area contributed by atoms with Gasteiger partial charge in [0, 0.05) is 18.7 Å². The van der Waals surface area contributed by atoms with Gasteiger partial charge in [-0.15, -0.1) is 0 Å². The second-order valence-corrected chi connectivity index (χ2v) is 6.43. The molecule has 0 saturated carbocycles. The molecule has 1 heterocycles. The second kappa shape index (κ2) is 9.24. The lowest BCUT2D eigenvalue weighted by Gasteiger charge is -2.13. The first-order valence-electron chi connectivity index (χ1n) is 9.03. The fraction of sp³-hybridized carbons (Fsp3) is 0.143. The van der Waals surface area contributed by atoms with Crippen molar-refractivity contribution in [3.05, 3.63) is 72.1 Å². The average Bonchev–Trinajstić information content (AvgIpc) is 2.69. The number of nitrogens with one attached hydrogen (secondary N) is 2. The number of rotatable bonds is 6. The highest BCUT2D eigenvalue weighted by atomic mass is 19.4. The molecule has 160 valence electrons. The molecule has 0 radical (unpaired) electrons. The molecule has 0 aliphatic carbocycles. The minimum atomic E-state index is -4.53. The molecular weight excluding hydrogens is 413 g/mol. The number of halogens is 3. The van der Waals surface area contributed by atoms with Crippen LogP contribution < -0.4 is 15.4 Å². The summed E-state index contributed by atoms with van der Waals surface area (Å²) in [6.45, 7) is 1.34. The molecule has 0 bridgehead atoms. The quantitative estimate of drug-likeness (QED) is 0.604. The van der Waals surface area contributed by atoms with E-state index < -0.39 is 24.1 Å². The van der Waals surface area contributed by atoms with Crippen LogP contribution in [0, 0.1) is 0 Å². The number of carbonyl (C=O) groups is 2. The van der Waals surface area contributed by atoms with Gasteiger partial charge in [0.25, 0.3) is 0 Å². The zero-order chi connectivity index (χ0) is 22.4. The second-order valence-electron chi connectivity index (χ2n) is 6.43. The molecule has 2 amide bonds. The number of alkyl halides is 3. The molecule has 7 nitrogen and oxygen atoms in total. The highest BCUT2D eigenvalue weighted by Crippen LogP contribution is 2.32. The largest absolute Gasteiger partial charge is 0.439 e. The smallest absolute Gasteiger partial charge is 0.416 e. The Bertz CT molecular complexity index is 1090. The van der Waals surface area contributed by atoms with Crippen molar-refractivity contribution >= 4 is 23.3 Å². The van der Waals surface area contributed by atoms with E-state index in [0.29, 0.717) is 11.4 Å². The maximum Gasteiger partial charge on any atom is 0.416 e. The predicted molar refractivity (Wildman–Crippen MR) is 107 cm³/mol. The molecule has 0 fully saturated rings. The van der Waals surface area contributed by atoms with Crippen molar-refractivity contribution in [2.75, 3.05) is 10.6 Å². The summed E-state index contributed by atoms with van der Waals surface area (Å²) in [5.74, 6) is -0.00331. The zero-order valence-corrected chi connectivity index (χ0v) is 16.2. The SMILES string of the molecule is CC(=O)Nc1cc(Oc2ccc(NC(=O)Cc3ccccc3C(F)(F)F)cc2)ncn1. The van der Waals surface area contributed by atoms with Crippen molar-refractivity contribution in [3.63, 3.8) is 0 Å². The number of benzene rings is 2. The maximum atomic E-state index is 13.1. The third kappa shape index (κ3) is 6.26. The van der Waals surface area contributed by atoms with Crippen molar-refractivity contribution in [1.29, 1.82) is 0 Å². The van der Waals surface area contributed by atoms with E-state index in [4.69, 9.17) is 4.74 Å². The monoisotopic (exact) mass is 430 g/mol. The predicted octanol–water partition coefficient (Wildman–Crippen LogP) is 4.43. The molecule has 0 unspecified atom stereocenters. The number of anilines is 2. The summed E-state index contributed by atoms with van der Waals surface area (Å²) in [6.07, 6.45) is -3.72. The molecule has 0 spiro atoms. The minimum Gasteiger partial charge on any atom is -0.439 e. The van der Waals surface area contributed by atoms with Crippen molar-refractivity contribution in [1.82, 2.24) is 9.97 Å². The summed E-state index contributed by atoms with van der Waals surface area (Å²) in [5.41, 5.74) is -0.549. The van der Waals surface area contributed by atoms with Gasteiger partial charge < -0.3 is 15.4 Å². The summed E-state index contributed by atoms with van der Waals surface area (Å²) in [6, 6.07) is 12.6. The van der Waals surface area contributed by atoms with Gasteiger partial charge in [0.15, 0.2) is 0 Å².